The maximum atomic E-state index is 12.6. The van der Waals surface area contributed by atoms with Crippen LogP contribution in [0, 0.1) is 0 Å². The van der Waals surface area contributed by atoms with Gasteiger partial charge in [-0.1, -0.05) is 0 Å². The van der Waals surface area contributed by atoms with Crippen LogP contribution in [-0.2, 0) is 25.0 Å². The molecule has 0 radical (unpaired) electrons. The zero-order valence-electron chi connectivity index (χ0n) is 10.2. The number of hydrogen-bond donors (Lipinski definition) is 0. The molecule has 108 valence electrons. The second-order valence-corrected chi connectivity index (χ2v) is 5.27. The molecule has 0 aliphatic carbocycles. The Bertz CT molecular complexity index is 651. The van der Waals surface area contributed by atoms with Gasteiger partial charge in [-0.15, -0.1) is 22.9 Å². The molecule has 0 aliphatic heterocycles. The average molecular weight is 323 g/mol. The molecule has 8 heteroatoms. The van der Waals surface area contributed by atoms with E-state index >= 15 is 0 Å². The SMILES string of the molecule is O=c1ccc(C(F)(F)F)cn1CCc1nc(CCl)cs1. The van der Waals surface area contributed by atoms with Gasteiger partial charge in [0.1, 0.15) is 0 Å². The van der Waals surface area contributed by atoms with Crippen LogP contribution in [0.15, 0.2) is 28.5 Å². The molecule has 0 saturated carbocycles. The molecule has 0 unspecified atom stereocenters. The number of hydrogen-bond acceptors (Lipinski definition) is 3. The van der Waals surface area contributed by atoms with Crippen LogP contribution in [0.25, 0.3) is 0 Å². The van der Waals surface area contributed by atoms with Gasteiger partial charge in [-0.25, -0.2) is 4.98 Å². The Morgan fingerprint density at radius 1 is 1.35 bits per heavy atom. The first-order chi connectivity index (χ1) is 9.40. The summed E-state index contributed by atoms with van der Waals surface area (Å²) in [6.45, 7) is 0.151. The molecule has 0 spiro atoms. The highest BCUT2D eigenvalue weighted by atomic mass is 35.5. The number of aromatic nitrogens is 2. The molecule has 0 aliphatic rings. The van der Waals surface area contributed by atoms with Crippen molar-refractivity contribution in [3.05, 3.63) is 50.3 Å². The normalized spacial score (nSPS) is 11.8. The Morgan fingerprint density at radius 3 is 2.70 bits per heavy atom. The summed E-state index contributed by atoms with van der Waals surface area (Å²) < 4.78 is 38.8. The van der Waals surface area contributed by atoms with E-state index in [1.165, 1.54) is 11.3 Å². The Labute approximate surface area is 121 Å². The summed E-state index contributed by atoms with van der Waals surface area (Å²) in [5, 5.41) is 2.53. The first-order valence-corrected chi connectivity index (χ1v) is 7.08. The smallest absolute Gasteiger partial charge is 0.315 e. The van der Waals surface area contributed by atoms with Gasteiger partial charge >= 0.3 is 6.18 Å². The lowest BCUT2D eigenvalue weighted by Crippen LogP contribution is -2.22. The second-order valence-electron chi connectivity index (χ2n) is 4.06. The van der Waals surface area contributed by atoms with Gasteiger partial charge < -0.3 is 4.57 Å². The van der Waals surface area contributed by atoms with E-state index in [0.29, 0.717) is 12.3 Å². The topological polar surface area (TPSA) is 34.9 Å². The van der Waals surface area contributed by atoms with Crippen LogP contribution < -0.4 is 5.56 Å². The molecule has 2 heterocycles. The van der Waals surface area contributed by atoms with Crippen LogP contribution in [0.1, 0.15) is 16.3 Å². The van der Waals surface area contributed by atoms with Gasteiger partial charge in [0, 0.05) is 30.6 Å². The van der Waals surface area contributed by atoms with Crippen molar-refractivity contribution >= 4 is 22.9 Å². The molecule has 0 bridgehead atoms. The summed E-state index contributed by atoms with van der Waals surface area (Å²) in [5.74, 6) is 0.292. The Balaban J connectivity index is 2.14. The quantitative estimate of drug-likeness (QED) is 0.810. The predicted molar refractivity (Wildman–Crippen MR) is 71.1 cm³/mol. The van der Waals surface area contributed by atoms with E-state index in [1.54, 1.807) is 5.38 Å². The minimum atomic E-state index is -4.46. The number of nitrogens with zero attached hydrogens (tertiary/aromatic N) is 2. The fourth-order valence-corrected chi connectivity index (χ4v) is 2.63. The highest BCUT2D eigenvalue weighted by molar-refractivity contribution is 7.09. The van der Waals surface area contributed by atoms with Crippen LogP contribution in [0.2, 0.25) is 0 Å². The predicted octanol–water partition coefficient (Wildman–Crippen LogP) is 3.31. The van der Waals surface area contributed by atoms with Crippen LogP contribution in [0.4, 0.5) is 13.2 Å². The van der Waals surface area contributed by atoms with Crippen LogP contribution in [0.3, 0.4) is 0 Å². The zero-order chi connectivity index (χ0) is 14.8. The van der Waals surface area contributed by atoms with Crippen molar-refractivity contribution in [2.24, 2.45) is 0 Å². The van der Waals surface area contributed by atoms with E-state index in [1.807, 2.05) is 0 Å². The number of pyridine rings is 1. The Kier molecular flexibility index (Phi) is 4.49. The molecule has 0 fully saturated rings. The summed E-state index contributed by atoms with van der Waals surface area (Å²) in [4.78, 5) is 15.7. The van der Waals surface area contributed by atoms with Gasteiger partial charge in [-0.3, -0.25) is 4.79 Å². The minimum absolute atomic E-state index is 0.151. The highest BCUT2D eigenvalue weighted by Crippen LogP contribution is 2.28. The summed E-state index contributed by atoms with van der Waals surface area (Å²) in [6, 6.07) is 1.71. The lowest BCUT2D eigenvalue weighted by molar-refractivity contribution is -0.138. The van der Waals surface area contributed by atoms with Gasteiger partial charge in [0.2, 0.25) is 0 Å². The van der Waals surface area contributed by atoms with Crippen molar-refractivity contribution < 1.29 is 13.2 Å². The van der Waals surface area contributed by atoms with E-state index in [4.69, 9.17) is 11.6 Å². The Hall–Kier alpha value is -1.34. The molecule has 3 nitrogen and oxygen atoms in total. The summed E-state index contributed by atoms with van der Waals surface area (Å²) in [5.41, 5.74) is -0.576. The number of alkyl halides is 4. The van der Waals surface area contributed by atoms with E-state index < -0.39 is 17.3 Å². The minimum Gasteiger partial charge on any atom is -0.315 e. The molecule has 2 aromatic heterocycles. The molecule has 0 N–H and O–H groups in total. The van der Waals surface area contributed by atoms with Crippen LogP contribution in [-0.4, -0.2) is 9.55 Å². The van der Waals surface area contributed by atoms with Crippen molar-refractivity contribution in [2.75, 3.05) is 0 Å². The van der Waals surface area contributed by atoms with Gasteiger partial charge in [0.25, 0.3) is 5.56 Å². The fraction of sp³-hybridized carbons (Fsp3) is 0.333. The standard InChI is InChI=1S/C12H10ClF3N2OS/c13-5-9-7-20-10(17-9)3-4-18-6-8(12(14,15)16)1-2-11(18)19/h1-2,6-7H,3-5H2. The van der Waals surface area contributed by atoms with Crippen LogP contribution >= 0.6 is 22.9 Å². The van der Waals surface area contributed by atoms with Crippen molar-refractivity contribution in [1.29, 1.82) is 0 Å². The number of aryl methyl sites for hydroxylation is 2. The van der Waals surface area contributed by atoms with Crippen LogP contribution in [0.5, 0.6) is 0 Å². The van der Waals surface area contributed by atoms with Gasteiger partial charge in [-0.2, -0.15) is 13.2 Å². The summed E-state index contributed by atoms with van der Waals surface area (Å²) in [7, 11) is 0. The Morgan fingerprint density at radius 2 is 2.10 bits per heavy atom. The highest BCUT2D eigenvalue weighted by Gasteiger charge is 2.30. The summed E-state index contributed by atoms with van der Waals surface area (Å²) >= 11 is 6.99. The second kappa shape index (κ2) is 5.97. The zero-order valence-corrected chi connectivity index (χ0v) is 11.7. The van der Waals surface area contributed by atoms with Gasteiger partial charge in [-0.05, 0) is 6.07 Å². The van der Waals surface area contributed by atoms with Gasteiger partial charge in [0.15, 0.2) is 0 Å². The third kappa shape index (κ3) is 3.61. The van der Waals surface area contributed by atoms with E-state index in [-0.39, 0.29) is 6.54 Å². The average Bonchev–Trinajstić information content (AvgIpc) is 2.84. The number of halogens is 4. The van der Waals surface area contributed by atoms with Crippen molar-refractivity contribution in [3.63, 3.8) is 0 Å². The lowest BCUT2D eigenvalue weighted by atomic mass is 10.2. The molecule has 2 aromatic rings. The van der Waals surface area contributed by atoms with E-state index in [9.17, 15) is 18.0 Å². The molecule has 2 rings (SSSR count). The number of thiazole rings is 1. The first-order valence-electron chi connectivity index (χ1n) is 5.67. The van der Waals surface area contributed by atoms with Crippen molar-refractivity contribution in [3.8, 4) is 0 Å². The molecular weight excluding hydrogens is 313 g/mol. The van der Waals surface area contributed by atoms with Gasteiger partial charge in [0.05, 0.1) is 22.1 Å². The largest absolute Gasteiger partial charge is 0.417 e. The van der Waals surface area contributed by atoms with E-state index in [2.05, 4.69) is 4.98 Å². The summed E-state index contributed by atoms with van der Waals surface area (Å²) in [6.07, 6.45) is -3.23. The van der Waals surface area contributed by atoms with Crippen molar-refractivity contribution in [1.82, 2.24) is 9.55 Å². The third-order valence-electron chi connectivity index (χ3n) is 2.61. The molecule has 0 amide bonds. The molecular formula is C12H10ClF3N2OS. The van der Waals surface area contributed by atoms with E-state index in [0.717, 1.165) is 33.6 Å². The molecule has 0 saturated heterocycles. The maximum absolute atomic E-state index is 12.6. The van der Waals surface area contributed by atoms with Crippen molar-refractivity contribution in [2.45, 2.75) is 25.0 Å². The molecule has 0 aromatic carbocycles. The fourth-order valence-electron chi connectivity index (χ4n) is 1.61. The molecule has 20 heavy (non-hydrogen) atoms. The lowest BCUT2D eigenvalue weighted by Gasteiger charge is -2.09. The number of rotatable bonds is 4. The molecule has 0 atom stereocenters. The third-order valence-corrected chi connectivity index (χ3v) is 3.84. The first kappa shape index (κ1) is 15.1. The monoisotopic (exact) mass is 322 g/mol. The maximum Gasteiger partial charge on any atom is 0.417 e.